The number of hydrogen-bond donors (Lipinski definition) is 4. The number of carboxylic acid groups (broad SMARTS) is 1. The van der Waals surface area contributed by atoms with Gasteiger partial charge in [0.05, 0.1) is 16.9 Å². The van der Waals surface area contributed by atoms with Crippen molar-refractivity contribution in [3.63, 3.8) is 0 Å². The number of unbranched alkanes of at least 4 members (excludes halogenated alkanes) is 2. The van der Waals surface area contributed by atoms with Crippen molar-refractivity contribution in [3.05, 3.63) is 44.0 Å². The first kappa shape index (κ1) is 23.4. The van der Waals surface area contributed by atoms with E-state index in [1.807, 2.05) is 0 Å². The van der Waals surface area contributed by atoms with Crippen LogP contribution in [-0.4, -0.2) is 37.9 Å². The van der Waals surface area contributed by atoms with Crippen LogP contribution in [0.15, 0.2) is 18.2 Å². The smallest absolute Gasteiger partial charge is 0.306 e. The second kappa shape index (κ2) is 11.3. The molecule has 1 aromatic rings. The van der Waals surface area contributed by atoms with Gasteiger partial charge in [-0.2, -0.15) is 10.4 Å². The number of aliphatic carboxylic acids is 1. The number of carboxylic acids is 1. The lowest BCUT2D eigenvalue weighted by molar-refractivity contribution is -1.19. The maximum atomic E-state index is 11.3. The summed E-state index contributed by atoms with van der Waals surface area (Å²) in [4.78, 5) is 31.6. The normalized spacial score (nSPS) is 13.3. The van der Waals surface area contributed by atoms with Gasteiger partial charge in [-0.3, -0.25) is 25.0 Å². The third-order valence-corrected chi connectivity index (χ3v) is 4.54. The Morgan fingerprint density at radius 1 is 1.18 bits per heavy atom. The molecule has 0 aliphatic rings. The van der Waals surface area contributed by atoms with E-state index in [0.29, 0.717) is 37.7 Å². The molecule has 1 rings (SSSR count). The summed E-state index contributed by atoms with van der Waals surface area (Å²) in [5.74, 6) is -1.92. The van der Waals surface area contributed by atoms with Crippen LogP contribution in [0.5, 0.6) is 0 Å². The molecule has 28 heavy (non-hydrogen) atoms. The number of nitro benzene ring substituents is 1. The average molecular weight is 400 g/mol. The van der Waals surface area contributed by atoms with Crippen LogP contribution in [0.2, 0.25) is 0 Å². The quantitative estimate of drug-likeness (QED) is 0.221. The van der Waals surface area contributed by atoms with Gasteiger partial charge < -0.3 is 5.11 Å². The molecule has 11 nitrogen and oxygen atoms in total. The van der Waals surface area contributed by atoms with Gasteiger partial charge in [0.1, 0.15) is 0 Å². The molecule has 2 unspecified atom stereocenters. The lowest BCUT2D eigenvalue weighted by atomic mass is 9.91. The van der Waals surface area contributed by atoms with Gasteiger partial charge in [-0.1, -0.05) is 19.8 Å². The van der Waals surface area contributed by atoms with Crippen molar-refractivity contribution in [2.45, 2.75) is 45.4 Å². The zero-order chi connectivity index (χ0) is 21.3. The highest BCUT2D eigenvalue weighted by atomic mass is 16.8. The van der Waals surface area contributed by atoms with Crippen LogP contribution in [0.3, 0.4) is 0 Å². The van der Waals surface area contributed by atoms with Crippen LogP contribution >= 0.6 is 0 Å². The largest absolute Gasteiger partial charge is 0.481 e. The summed E-state index contributed by atoms with van der Waals surface area (Å²) >= 11 is 0. The molecule has 0 amide bonds. The molecule has 0 radical (unpaired) electrons. The molecule has 0 heterocycles. The molecule has 0 spiro atoms. The maximum Gasteiger partial charge on any atom is 0.306 e. The van der Waals surface area contributed by atoms with Crippen molar-refractivity contribution in [1.29, 1.82) is 0 Å². The van der Waals surface area contributed by atoms with Gasteiger partial charge in [0.15, 0.2) is 0 Å². The molecule has 11 heteroatoms. The Morgan fingerprint density at radius 2 is 1.86 bits per heavy atom. The Bertz CT molecular complexity index is 695. The van der Waals surface area contributed by atoms with Gasteiger partial charge in [-0.05, 0) is 37.0 Å². The monoisotopic (exact) mass is 400 g/mol. The van der Waals surface area contributed by atoms with E-state index in [2.05, 4.69) is 0 Å². The topological polar surface area (TPSA) is 168 Å². The number of benzene rings is 1. The molecule has 156 valence electrons. The summed E-state index contributed by atoms with van der Waals surface area (Å²) in [5.41, 5.74) is 0.318. The minimum absolute atomic E-state index is 0.00576. The highest BCUT2D eigenvalue weighted by Gasteiger charge is 2.23. The van der Waals surface area contributed by atoms with E-state index in [9.17, 15) is 40.5 Å². The van der Waals surface area contributed by atoms with Gasteiger partial charge in [0.2, 0.25) is 12.2 Å². The van der Waals surface area contributed by atoms with E-state index in [1.54, 1.807) is 6.92 Å². The predicted octanol–water partition coefficient (Wildman–Crippen LogP) is 2.00. The molecule has 2 atom stereocenters. The fraction of sp³-hybridized carbons (Fsp3) is 0.588. The molecular formula is C17H26N3O8+. The zero-order valence-corrected chi connectivity index (χ0v) is 15.6. The van der Waals surface area contributed by atoms with Crippen molar-refractivity contribution in [2.24, 2.45) is 11.8 Å². The number of aryl methyl sites for hydroxylation is 1. The first-order valence-electron chi connectivity index (χ1n) is 8.99. The molecular weight excluding hydrogens is 374 g/mol. The van der Waals surface area contributed by atoms with Crippen molar-refractivity contribution in [2.75, 3.05) is 6.54 Å². The Labute approximate surface area is 161 Å². The molecule has 0 saturated heterocycles. The van der Waals surface area contributed by atoms with E-state index >= 15 is 0 Å². The number of nitro groups is 2. The Hall–Kier alpha value is -2.63. The summed E-state index contributed by atoms with van der Waals surface area (Å²) < 4.78 is 0. The molecule has 0 fully saturated rings. The van der Waals surface area contributed by atoms with Crippen LogP contribution in [-0.2, 0) is 11.2 Å². The highest BCUT2D eigenvalue weighted by Crippen LogP contribution is 2.23. The number of nitrogens with one attached hydrogen (secondary N) is 1. The predicted molar refractivity (Wildman–Crippen MR) is 96.2 cm³/mol. The maximum absolute atomic E-state index is 11.3. The van der Waals surface area contributed by atoms with Gasteiger partial charge in [0, 0.05) is 22.5 Å². The minimum Gasteiger partial charge on any atom is -0.481 e. The van der Waals surface area contributed by atoms with Crippen molar-refractivity contribution in [3.8, 4) is 0 Å². The van der Waals surface area contributed by atoms with Crippen LogP contribution < -0.4 is 5.23 Å². The molecule has 0 aromatic heterocycles. The van der Waals surface area contributed by atoms with Crippen LogP contribution in [0.4, 0.5) is 11.4 Å². The van der Waals surface area contributed by atoms with Gasteiger partial charge >= 0.3 is 5.97 Å². The summed E-state index contributed by atoms with van der Waals surface area (Å²) in [6.45, 7) is 1.40. The van der Waals surface area contributed by atoms with E-state index in [-0.39, 0.29) is 30.3 Å². The number of carbonyl (C=O) groups is 1. The molecule has 0 bridgehead atoms. The molecule has 0 saturated carbocycles. The van der Waals surface area contributed by atoms with E-state index in [0.717, 1.165) is 6.07 Å². The zero-order valence-electron chi connectivity index (χ0n) is 15.6. The Balaban J connectivity index is 2.52. The third kappa shape index (κ3) is 7.94. The Morgan fingerprint density at radius 3 is 2.39 bits per heavy atom. The van der Waals surface area contributed by atoms with E-state index < -0.39 is 27.0 Å². The summed E-state index contributed by atoms with van der Waals surface area (Å²) in [5, 5.41) is 48.3. The molecule has 0 aliphatic heterocycles. The Kier molecular flexibility index (Phi) is 9.42. The number of rotatable bonds is 13. The standard InChI is InChI=1S/C17H25N3O8/c1-12(11-18(23)24)9-14(17(21)22)6-4-2-3-5-13-7-8-15(19(25)26)10-16(13)20(27)28/h7-8,10,12,14,27-28H,2-6,9,11H2,1H3,(H,21,22)/p+1. The van der Waals surface area contributed by atoms with Crippen LogP contribution in [0, 0.1) is 32.1 Å². The van der Waals surface area contributed by atoms with Gasteiger partial charge in [0.25, 0.3) is 5.69 Å². The first-order valence-corrected chi connectivity index (χ1v) is 8.99. The highest BCUT2D eigenvalue weighted by molar-refractivity contribution is 5.69. The number of nitrogens with zero attached hydrogens (tertiary/aromatic N) is 2. The first-order chi connectivity index (χ1) is 13.1. The van der Waals surface area contributed by atoms with E-state index in [1.165, 1.54) is 12.1 Å². The fourth-order valence-corrected chi connectivity index (χ4v) is 3.14. The van der Waals surface area contributed by atoms with Crippen LogP contribution in [0.25, 0.3) is 0 Å². The number of non-ortho nitro benzene ring substituents is 1. The minimum atomic E-state index is -0.982. The summed E-state index contributed by atoms with van der Waals surface area (Å²) in [6.07, 6.45) is 3.02. The molecule has 4 N–H and O–H groups in total. The second-order valence-corrected chi connectivity index (χ2v) is 6.91. The van der Waals surface area contributed by atoms with Gasteiger partial charge in [-0.25, -0.2) is 0 Å². The van der Waals surface area contributed by atoms with Crippen LogP contribution in [0.1, 0.15) is 44.6 Å². The van der Waals surface area contributed by atoms with Gasteiger partial charge in [-0.15, -0.1) is 0 Å². The van der Waals surface area contributed by atoms with E-state index in [4.69, 9.17) is 0 Å². The lowest BCUT2D eigenvalue weighted by Crippen LogP contribution is -3.02. The fourth-order valence-electron chi connectivity index (χ4n) is 3.14. The molecule has 0 aliphatic carbocycles. The van der Waals surface area contributed by atoms with Crippen molar-refractivity contribution >= 4 is 17.3 Å². The second-order valence-electron chi connectivity index (χ2n) is 6.91. The lowest BCUT2D eigenvalue weighted by Gasteiger charge is -2.15. The number of quaternary nitrogens is 1. The van der Waals surface area contributed by atoms with Crippen molar-refractivity contribution in [1.82, 2.24) is 0 Å². The number of hydrogen-bond acceptors (Lipinski definition) is 7. The SMILES string of the molecule is CC(CC(CCCCCc1ccc([N+](=O)[O-])cc1[NH+](O)O)C(=O)O)C[N+](=O)[O-]. The summed E-state index contributed by atoms with van der Waals surface area (Å²) in [6, 6.07) is 3.86. The average Bonchev–Trinajstić information content (AvgIpc) is 2.59. The third-order valence-electron chi connectivity index (χ3n) is 4.54. The van der Waals surface area contributed by atoms with Crippen molar-refractivity contribution < 1.29 is 35.4 Å². The summed E-state index contributed by atoms with van der Waals surface area (Å²) in [7, 11) is 0. The molecule has 1 aromatic carbocycles.